The Hall–Kier alpha value is -1.70. The summed E-state index contributed by atoms with van der Waals surface area (Å²) < 4.78 is 9.59. The Kier molecular flexibility index (Phi) is 5.02. The maximum Gasteiger partial charge on any atom is 0.409 e. The number of amides is 1. The lowest BCUT2D eigenvalue weighted by Crippen LogP contribution is -2.65. The Morgan fingerprint density at radius 1 is 1.56 bits per heavy atom. The van der Waals surface area contributed by atoms with Gasteiger partial charge < -0.3 is 19.9 Å². The normalized spacial score (nSPS) is 15.2. The first-order chi connectivity index (χ1) is 8.20. The third-order valence-corrected chi connectivity index (χ3v) is 2.53. The fourth-order valence-electron chi connectivity index (χ4n) is 1.67. The lowest BCUT2D eigenvalue weighted by molar-refractivity contribution is -0.759. The first kappa shape index (κ1) is 14.4. The zero-order chi connectivity index (χ0) is 12.3. The standard InChI is InChI=1S/C9H15N5O3.ClH/c1-2-16-9(15)12-3-5-13(6-4-12)14-7-8(10)17-11-14;/h7H,2-6H2,1H3,(H-,10,11);1H. The van der Waals surface area contributed by atoms with E-state index in [1.165, 1.54) is 11.0 Å². The van der Waals surface area contributed by atoms with Crippen molar-refractivity contribution < 1.29 is 18.8 Å². The van der Waals surface area contributed by atoms with E-state index in [2.05, 4.69) is 9.79 Å². The van der Waals surface area contributed by atoms with Crippen LogP contribution in [0.4, 0.5) is 10.7 Å². The summed E-state index contributed by atoms with van der Waals surface area (Å²) in [7, 11) is 0. The number of piperazine rings is 1. The number of aromatic nitrogens is 2. The highest BCUT2D eigenvalue weighted by Gasteiger charge is 2.27. The SMILES string of the molecule is CCOC(=O)N1CCN([n+]2cc([NH-])on2)CC1.Cl. The highest BCUT2D eigenvalue weighted by Crippen LogP contribution is 2.04. The summed E-state index contributed by atoms with van der Waals surface area (Å²) in [4.78, 5) is 14.6. The Bertz CT molecular complexity index is 391. The summed E-state index contributed by atoms with van der Waals surface area (Å²) >= 11 is 0. The smallest absolute Gasteiger partial charge is 0.409 e. The summed E-state index contributed by atoms with van der Waals surface area (Å²) in [5.41, 5.74) is 7.24. The van der Waals surface area contributed by atoms with Gasteiger partial charge in [0.2, 0.25) is 5.27 Å². The van der Waals surface area contributed by atoms with Crippen LogP contribution in [0.2, 0.25) is 0 Å². The van der Waals surface area contributed by atoms with Crippen LogP contribution < -0.4 is 9.80 Å². The average Bonchev–Trinajstić information content (AvgIpc) is 2.76. The Balaban J connectivity index is 0.00000162. The molecule has 0 aliphatic carbocycles. The monoisotopic (exact) mass is 277 g/mol. The highest BCUT2D eigenvalue weighted by molar-refractivity contribution is 5.85. The molecule has 1 aromatic heterocycles. The van der Waals surface area contributed by atoms with Gasteiger partial charge in [-0.2, -0.15) is 0 Å². The van der Waals surface area contributed by atoms with E-state index in [0.717, 1.165) is 0 Å². The average molecular weight is 278 g/mol. The van der Waals surface area contributed by atoms with Gasteiger partial charge in [-0.1, -0.05) is 0 Å². The van der Waals surface area contributed by atoms with Crippen LogP contribution >= 0.6 is 12.4 Å². The molecule has 1 aromatic rings. The summed E-state index contributed by atoms with van der Waals surface area (Å²) in [5, 5.41) is 5.59. The molecule has 2 heterocycles. The maximum absolute atomic E-state index is 11.5. The molecule has 0 atom stereocenters. The van der Waals surface area contributed by atoms with Gasteiger partial charge in [-0.05, 0) is 6.92 Å². The van der Waals surface area contributed by atoms with E-state index in [4.69, 9.17) is 10.5 Å². The predicted octanol–water partition coefficient (Wildman–Crippen LogP) is 0.478. The van der Waals surface area contributed by atoms with Gasteiger partial charge in [0.15, 0.2) is 0 Å². The van der Waals surface area contributed by atoms with E-state index in [9.17, 15) is 4.79 Å². The van der Waals surface area contributed by atoms with Gasteiger partial charge in [0.25, 0.3) is 6.20 Å². The highest BCUT2D eigenvalue weighted by atomic mass is 35.5. The summed E-state index contributed by atoms with van der Waals surface area (Å²) in [6.45, 7) is 4.59. The molecule has 0 aromatic carbocycles. The number of rotatable bonds is 2. The molecule has 18 heavy (non-hydrogen) atoms. The van der Waals surface area contributed by atoms with Crippen molar-refractivity contribution in [2.75, 3.05) is 37.8 Å². The molecule has 1 N–H and O–H groups in total. The topological polar surface area (TPSA) is 86.5 Å². The quantitative estimate of drug-likeness (QED) is 0.734. The van der Waals surface area contributed by atoms with E-state index in [0.29, 0.717) is 32.8 Å². The molecular formula is C9H16ClN5O3. The molecule has 1 saturated heterocycles. The van der Waals surface area contributed by atoms with E-state index in [1.807, 2.05) is 5.01 Å². The number of carbonyl (C=O) groups is 1. The van der Waals surface area contributed by atoms with Crippen LogP contribution in [0.3, 0.4) is 0 Å². The predicted molar refractivity (Wildman–Crippen MR) is 64.5 cm³/mol. The van der Waals surface area contributed by atoms with E-state index >= 15 is 0 Å². The molecule has 8 nitrogen and oxygen atoms in total. The Morgan fingerprint density at radius 3 is 2.72 bits per heavy atom. The first-order valence-electron chi connectivity index (χ1n) is 5.48. The number of nitrogens with one attached hydrogen (secondary N) is 1. The molecule has 0 spiro atoms. The van der Waals surface area contributed by atoms with Crippen LogP contribution in [0.1, 0.15) is 6.92 Å². The molecule has 1 fully saturated rings. The molecule has 1 aliphatic heterocycles. The van der Waals surface area contributed by atoms with Crippen molar-refractivity contribution in [1.82, 2.24) is 10.2 Å². The fraction of sp³-hybridized carbons (Fsp3) is 0.667. The lowest BCUT2D eigenvalue weighted by atomic mass is 10.4. The molecule has 102 valence electrons. The van der Waals surface area contributed by atoms with E-state index in [1.54, 1.807) is 11.8 Å². The molecule has 1 aliphatic rings. The Morgan fingerprint density at radius 2 is 2.22 bits per heavy atom. The molecule has 1 amide bonds. The van der Waals surface area contributed by atoms with Crippen molar-refractivity contribution in [3.05, 3.63) is 11.9 Å². The Labute approximate surface area is 111 Å². The van der Waals surface area contributed by atoms with Crippen LogP contribution in [0, 0.1) is 0 Å². The largest absolute Gasteiger partial charge is 0.660 e. The third kappa shape index (κ3) is 3.16. The van der Waals surface area contributed by atoms with Crippen molar-refractivity contribution in [3.63, 3.8) is 0 Å². The molecule has 0 unspecified atom stereocenters. The van der Waals surface area contributed by atoms with Crippen LogP contribution in [0.5, 0.6) is 0 Å². The maximum atomic E-state index is 11.5. The zero-order valence-electron chi connectivity index (χ0n) is 10.0. The fourth-order valence-corrected chi connectivity index (χ4v) is 1.67. The summed E-state index contributed by atoms with van der Waals surface area (Å²) in [6, 6.07) is 0. The van der Waals surface area contributed by atoms with Crippen LogP contribution in [-0.2, 0) is 4.74 Å². The molecule has 0 bridgehead atoms. The van der Waals surface area contributed by atoms with Crippen molar-refractivity contribution in [2.45, 2.75) is 6.92 Å². The van der Waals surface area contributed by atoms with Gasteiger partial charge in [0.05, 0.1) is 24.5 Å². The lowest BCUT2D eigenvalue weighted by Gasteiger charge is -2.29. The van der Waals surface area contributed by atoms with Gasteiger partial charge in [0, 0.05) is 13.1 Å². The van der Waals surface area contributed by atoms with Crippen LogP contribution in [0.25, 0.3) is 5.73 Å². The third-order valence-electron chi connectivity index (χ3n) is 2.53. The van der Waals surface area contributed by atoms with Gasteiger partial charge in [-0.3, -0.25) is 0 Å². The first-order valence-corrected chi connectivity index (χ1v) is 5.48. The summed E-state index contributed by atoms with van der Waals surface area (Å²) in [5.74, 6) is 0.0119. The molecule has 0 radical (unpaired) electrons. The van der Waals surface area contributed by atoms with Crippen LogP contribution in [-0.4, -0.2) is 49.1 Å². The second-order valence-electron chi connectivity index (χ2n) is 3.63. The zero-order valence-corrected chi connectivity index (χ0v) is 10.9. The molecule has 0 saturated carbocycles. The number of hydrogen-bond donors (Lipinski definition) is 0. The van der Waals surface area contributed by atoms with Crippen molar-refractivity contribution in [3.8, 4) is 0 Å². The second kappa shape index (κ2) is 6.29. The number of nitrogens with zero attached hydrogens (tertiary/aromatic N) is 4. The van der Waals surface area contributed by atoms with E-state index in [-0.39, 0.29) is 24.4 Å². The number of ether oxygens (including phenoxy) is 1. The van der Waals surface area contributed by atoms with Crippen LogP contribution in [0.15, 0.2) is 10.7 Å². The number of hydrogen-bond acceptors (Lipinski definition) is 5. The number of halogens is 1. The minimum atomic E-state index is -0.279. The van der Waals surface area contributed by atoms with E-state index < -0.39 is 0 Å². The minimum Gasteiger partial charge on any atom is -0.660 e. The molecule has 9 heteroatoms. The summed E-state index contributed by atoms with van der Waals surface area (Å²) in [6.07, 6.45) is 1.21. The molecule has 2 rings (SSSR count). The molecular weight excluding hydrogens is 262 g/mol. The van der Waals surface area contributed by atoms with Crippen molar-refractivity contribution in [1.29, 1.82) is 0 Å². The van der Waals surface area contributed by atoms with Gasteiger partial charge in [-0.15, -0.1) is 17.4 Å². The minimum absolute atomic E-state index is 0. The second-order valence-corrected chi connectivity index (χ2v) is 3.63. The van der Waals surface area contributed by atoms with Crippen molar-refractivity contribution in [2.24, 2.45) is 0 Å². The van der Waals surface area contributed by atoms with Gasteiger partial charge in [-0.25, -0.2) is 4.79 Å². The van der Waals surface area contributed by atoms with Gasteiger partial charge >= 0.3 is 6.09 Å². The van der Waals surface area contributed by atoms with Crippen molar-refractivity contribution >= 4 is 24.4 Å². The number of carbonyl (C=O) groups excluding carboxylic acids is 1. The van der Waals surface area contributed by atoms with Gasteiger partial charge in [0.1, 0.15) is 5.88 Å².